The lowest BCUT2D eigenvalue weighted by molar-refractivity contribution is -0.124. The average molecular weight is 260 g/mol. The second-order valence-electron chi connectivity index (χ2n) is 4.05. The zero-order chi connectivity index (χ0) is 12.7. The summed E-state index contributed by atoms with van der Waals surface area (Å²) in [6.07, 6.45) is 1.87. The van der Waals surface area contributed by atoms with Gasteiger partial charge in [0.1, 0.15) is 0 Å². The molecule has 1 aliphatic rings. The second kappa shape index (κ2) is 6.46. The van der Waals surface area contributed by atoms with Gasteiger partial charge in [-0.25, -0.2) is 8.42 Å². The normalized spacial score (nSPS) is 21.8. The van der Waals surface area contributed by atoms with Crippen molar-refractivity contribution >= 4 is 15.7 Å². The number of azide groups is 1. The number of nitrogens with one attached hydrogen (secondary N) is 1. The zero-order valence-corrected chi connectivity index (χ0v) is 10.3. The highest BCUT2D eigenvalue weighted by atomic mass is 32.2. The summed E-state index contributed by atoms with van der Waals surface area (Å²) >= 11 is 0. The van der Waals surface area contributed by atoms with Crippen LogP contribution in [-0.4, -0.2) is 38.9 Å². The number of hydrogen-bond acceptors (Lipinski definition) is 4. The first-order valence-corrected chi connectivity index (χ1v) is 7.36. The molecule has 96 valence electrons. The van der Waals surface area contributed by atoms with Crippen molar-refractivity contribution in [1.29, 1.82) is 0 Å². The molecular weight excluding hydrogens is 244 g/mol. The van der Waals surface area contributed by atoms with Crippen LogP contribution in [0.4, 0.5) is 0 Å². The number of rotatable bonds is 6. The van der Waals surface area contributed by atoms with Crippen molar-refractivity contribution in [1.82, 2.24) is 5.32 Å². The zero-order valence-electron chi connectivity index (χ0n) is 9.50. The average Bonchev–Trinajstić information content (AvgIpc) is 2.64. The fourth-order valence-corrected chi connectivity index (χ4v) is 3.45. The predicted octanol–water partition coefficient (Wildman–Crippen LogP) is 0.628. The molecule has 0 aliphatic carbocycles. The summed E-state index contributed by atoms with van der Waals surface area (Å²) in [7, 11) is -3.00. The molecule has 1 rings (SSSR count). The predicted molar refractivity (Wildman–Crippen MR) is 63.0 cm³/mol. The molecule has 0 aromatic heterocycles. The number of nitrogens with zero attached hydrogens (tertiary/aromatic N) is 3. The van der Waals surface area contributed by atoms with Crippen LogP contribution in [0, 0.1) is 5.92 Å². The standard InChI is InChI=1S/C9H16N4O3S/c10-13-12-5-2-1-4-11-9(14)8-3-6-17(15,16)7-8/h8H,1-7H2,(H,11,14). The lowest BCUT2D eigenvalue weighted by Gasteiger charge is -2.08. The first-order chi connectivity index (χ1) is 8.05. The van der Waals surface area contributed by atoms with E-state index < -0.39 is 15.8 Å². The maximum atomic E-state index is 11.6. The molecule has 1 heterocycles. The van der Waals surface area contributed by atoms with E-state index in [2.05, 4.69) is 15.3 Å². The Bertz CT molecular complexity index is 414. The molecule has 0 saturated carbocycles. The Balaban J connectivity index is 2.16. The van der Waals surface area contributed by atoms with Crippen LogP contribution in [0.2, 0.25) is 0 Å². The van der Waals surface area contributed by atoms with Crippen LogP contribution in [0.25, 0.3) is 10.4 Å². The molecule has 1 atom stereocenters. The van der Waals surface area contributed by atoms with Crippen LogP contribution >= 0.6 is 0 Å². The minimum atomic E-state index is -3.00. The summed E-state index contributed by atoms with van der Waals surface area (Å²) < 4.78 is 22.3. The van der Waals surface area contributed by atoms with Crippen LogP contribution in [0.1, 0.15) is 19.3 Å². The Morgan fingerprint density at radius 2 is 2.24 bits per heavy atom. The van der Waals surface area contributed by atoms with Gasteiger partial charge < -0.3 is 5.32 Å². The monoisotopic (exact) mass is 260 g/mol. The van der Waals surface area contributed by atoms with Crippen LogP contribution < -0.4 is 5.32 Å². The van der Waals surface area contributed by atoms with Crippen LogP contribution in [0.5, 0.6) is 0 Å². The third-order valence-corrected chi connectivity index (χ3v) is 4.42. The molecule has 1 N–H and O–H groups in total. The van der Waals surface area contributed by atoms with Crippen LogP contribution in [-0.2, 0) is 14.6 Å². The van der Waals surface area contributed by atoms with Gasteiger partial charge in [0, 0.05) is 18.0 Å². The Morgan fingerprint density at radius 1 is 1.47 bits per heavy atom. The van der Waals surface area contributed by atoms with E-state index in [4.69, 9.17) is 5.53 Å². The van der Waals surface area contributed by atoms with E-state index in [0.717, 1.165) is 6.42 Å². The molecule has 1 amide bonds. The number of carbonyl (C=O) groups is 1. The molecule has 1 unspecified atom stereocenters. The van der Waals surface area contributed by atoms with Crippen molar-refractivity contribution in [2.24, 2.45) is 11.0 Å². The van der Waals surface area contributed by atoms with Gasteiger partial charge in [-0.2, -0.15) is 0 Å². The van der Waals surface area contributed by atoms with E-state index >= 15 is 0 Å². The van der Waals surface area contributed by atoms with Gasteiger partial charge in [0.2, 0.25) is 5.91 Å². The van der Waals surface area contributed by atoms with E-state index in [-0.39, 0.29) is 17.4 Å². The van der Waals surface area contributed by atoms with Crippen molar-refractivity contribution in [2.45, 2.75) is 19.3 Å². The third-order valence-electron chi connectivity index (χ3n) is 2.65. The fraction of sp³-hybridized carbons (Fsp3) is 0.889. The highest BCUT2D eigenvalue weighted by Gasteiger charge is 2.32. The molecule has 0 bridgehead atoms. The number of sulfone groups is 1. The van der Waals surface area contributed by atoms with Gasteiger partial charge in [0.25, 0.3) is 0 Å². The van der Waals surface area contributed by atoms with Crippen molar-refractivity contribution in [3.8, 4) is 0 Å². The second-order valence-corrected chi connectivity index (χ2v) is 6.28. The van der Waals surface area contributed by atoms with Gasteiger partial charge in [-0.05, 0) is 24.8 Å². The van der Waals surface area contributed by atoms with E-state index in [1.165, 1.54) is 0 Å². The Morgan fingerprint density at radius 3 is 2.82 bits per heavy atom. The summed E-state index contributed by atoms with van der Waals surface area (Å²) in [4.78, 5) is 14.2. The quantitative estimate of drug-likeness (QED) is 0.327. The van der Waals surface area contributed by atoms with Gasteiger partial charge in [-0.15, -0.1) is 0 Å². The number of unbranched alkanes of at least 4 members (excludes halogenated alkanes) is 1. The molecule has 17 heavy (non-hydrogen) atoms. The summed E-state index contributed by atoms with van der Waals surface area (Å²) in [5, 5.41) is 6.07. The Labute approximate surface area is 100 Å². The molecule has 1 fully saturated rings. The smallest absolute Gasteiger partial charge is 0.224 e. The largest absolute Gasteiger partial charge is 0.356 e. The van der Waals surface area contributed by atoms with Crippen molar-refractivity contribution in [2.75, 3.05) is 24.6 Å². The first kappa shape index (κ1) is 13.8. The highest BCUT2D eigenvalue weighted by Crippen LogP contribution is 2.18. The molecule has 0 aromatic rings. The minimum absolute atomic E-state index is 0.0302. The number of amides is 1. The molecule has 0 aromatic carbocycles. The third kappa shape index (κ3) is 5.06. The van der Waals surface area contributed by atoms with Crippen molar-refractivity contribution in [3.05, 3.63) is 10.4 Å². The van der Waals surface area contributed by atoms with Gasteiger partial charge >= 0.3 is 0 Å². The van der Waals surface area contributed by atoms with Crippen molar-refractivity contribution in [3.63, 3.8) is 0 Å². The summed E-state index contributed by atoms with van der Waals surface area (Å²) in [6.45, 7) is 0.917. The number of hydrogen-bond donors (Lipinski definition) is 1. The topological polar surface area (TPSA) is 112 Å². The molecule has 7 nitrogen and oxygen atoms in total. The summed E-state index contributed by atoms with van der Waals surface area (Å²) in [6, 6.07) is 0. The van der Waals surface area contributed by atoms with Crippen LogP contribution in [0.15, 0.2) is 5.11 Å². The van der Waals surface area contributed by atoms with Gasteiger partial charge in [0.05, 0.1) is 17.4 Å². The first-order valence-electron chi connectivity index (χ1n) is 5.54. The van der Waals surface area contributed by atoms with Crippen LogP contribution in [0.3, 0.4) is 0 Å². The van der Waals surface area contributed by atoms with Gasteiger partial charge in [-0.3, -0.25) is 4.79 Å². The molecule has 0 spiro atoms. The Hall–Kier alpha value is -1.27. The Kier molecular flexibility index (Phi) is 5.24. The molecule has 1 saturated heterocycles. The maximum Gasteiger partial charge on any atom is 0.224 e. The molecular formula is C9H16N4O3S. The number of carbonyl (C=O) groups excluding carboxylic acids is 1. The molecule has 0 radical (unpaired) electrons. The SMILES string of the molecule is [N-]=[N+]=NCCCCNC(=O)C1CCS(=O)(=O)C1. The van der Waals surface area contributed by atoms with Crippen molar-refractivity contribution < 1.29 is 13.2 Å². The van der Waals surface area contributed by atoms with E-state index in [0.29, 0.717) is 25.9 Å². The summed E-state index contributed by atoms with van der Waals surface area (Å²) in [5.41, 5.74) is 8.04. The molecule has 8 heteroatoms. The van der Waals surface area contributed by atoms with E-state index in [1.807, 2.05) is 0 Å². The lowest BCUT2D eigenvalue weighted by atomic mass is 10.1. The maximum absolute atomic E-state index is 11.6. The van der Waals surface area contributed by atoms with Gasteiger partial charge in [0.15, 0.2) is 9.84 Å². The summed E-state index contributed by atoms with van der Waals surface area (Å²) in [5.74, 6) is -0.494. The minimum Gasteiger partial charge on any atom is -0.356 e. The lowest BCUT2D eigenvalue weighted by Crippen LogP contribution is -2.32. The van der Waals surface area contributed by atoms with E-state index in [9.17, 15) is 13.2 Å². The van der Waals surface area contributed by atoms with Gasteiger partial charge in [-0.1, -0.05) is 5.11 Å². The van der Waals surface area contributed by atoms with E-state index in [1.54, 1.807) is 0 Å². The fourth-order valence-electron chi connectivity index (χ4n) is 1.71. The molecule has 1 aliphatic heterocycles. The highest BCUT2D eigenvalue weighted by molar-refractivity contribution is 7.91.